The van der Waals surface area contributed by atoms with Crippen LogP contribution in [0.5, 0.6) is 0 Å². The van der Waals surface area contributed by atoms with Crippen LogP contribution in [0.15, 0.2) is 0 Å². The van der Waals surface area contributed by atoms with E-state index in [1.54, 1.807) is 0 Å². The molecule has 0 aromatic carbocycles. The molecular weight excluding hydrogens is 206 g/mol. The summed E-state index contributed by atoms with van der Waals surface area (Å²) in [5, 5.41) is 14.3. The van der Waals surface area contributed by atoms with Gasteiger partial charge in [0.25, 0.3) is 0 Å². The Morgan fingerprint density at radius 1 is 1.00 bits per heavy atom. The van der Waals surface area contributed by atoms with Crippen molar-refractivity contribution >= 4 is 11.8 Å². The zero-order valence-electron chi connectivity index (χ0n) is 9.61. The first-order valence-electron chi connectivity index (χ1n) is 6.28. The van der Waals surface area contributed by atoms with E-state index in [1.165, 1.54) is 38.5 Å². The van der Waals surface area contributed by atoms with Crippen LogP contribution in [0.1, 0.15) is 44.9 Å². The molecule has 0 aliphatic heterocycles. The maximum atomic E-state index is 9.81. The van der Waals surface area contributed by atoms with Crippen LogP contribution in [0, 0.1) is 0 Å². The second-order valence-corrected chi connectivity index (χ2v) is 6.01. The molecule has 2 saturated carbocycles. The molecule has 15 heavy (non-hydrogen) atoms. The Hall–Kier alpha value is 0.270. The van der Waals surface area contributed by atoms with Crippen LogP contribution in [0.4, 0.5) is 0 Å². The molecular formula is C12H23NOS. The van der Waals surface area contributed by atoms with Crippen LogP contribution in [0.3, 0.4) is 0 Å². The van der Waals surface area contributed by atoms with Gasteiger partial charge in [0, 0.05) is 17.3 Å². The number of aliphatic hydroxyl groups excluding tert-OH is 1. The number of nitrogens with one attached hydrogen (secondary N) is 1. The lowest BCUT2D eigenvalue weighted by Crippen LogP contribution is -2.48. The van der Waals surface area contributed by atoms with Gasteiger partial charge in [-0.2, -0.15) is 11.8 Å². The average Bonchev–Trinajstić information content (AvgIpc) is 2.65. The van der Waals surface area contributed by atoms with Crippen molar-refractivity contribution in [2.75, 3.05) is 6.26 Å². The van der Waals surface area contributed by atoms with Gasteiger partial charge in [-0.05, 0) is 38.4 Å². The second kappa shape index (κ2) is 5.55. The third kappa shape index (κ3) is 2.89. The van der Waals surface area contributed by atoms with Gasteiger partial charge in [-0.15, -0.1) is 0 Å². The molecule has 0 bridgehead atoms. The SMILES string of the molecule is CSC1CCCCC1NC1CCCC1O. The van der Waals surface area contributed by atoms with E-state index < -0.39 is 0 Å². The molecule has 0 amide bonds. The lowest BCUT2D eigenvalue weighted by molar-refractivity contribution is 0.139. The fourth-order valence-corrected chi connectivity index (χ4v) is 3.93. The number of hydrogen-bond donors (Lipinski definition) is 2. The highest BCUT2D eigenvalue weighted by molar-refractivity contribution is 7.99. The highest BCUT2D eigenvalue weighted by atomic mass is 32.2. The zero-order chi connectivity index (χ0) is 10.7. The van der Waals surface area contributed by atoms with E-state index in [0.29, 0.717) is 12.1 Å². The van der Waals surface area contributed by atoms with Crippen LogP contribution >= 0.6 is 11.8 Å². The van der Waals surface area contributed by atoms with Gasteiger partial charge in [0.05, 0.1) is 6.10 Å². The first-order valence-corrected chi connectivity index (χ1v) is 7.57. The number of aliphatic hydroxyl groups is 1. The van der Waals surface area contributed by atoms with Gasteiger partial charge in [0.2, 0.25) is 0 Å². The summed E-state index contributed by atoms with van der Waals surface area (Å²) in [7, 11) is 0. The van der Waals surface area contributed by atoms with Crippen molar-refractivity contribution in [3.05, 3.63) is 0 Å². The Balaban J connectivity index is 1.85. The van der Waals surface area contributed by atoms with Crippen molar-refractivity contribution in [1.82, 2.24) is 5.32 Å². The lowest BCUT2D eigenvalue weighted by atomic mass is 9.94. The van der Waals surface area contributed by atoms with Crippen LogP contribution in [-0.2, 0) is 0 Å². The summed E-state index contributed by atoms with van der Waals surface area (Å²) in [6, 6.07) is 1.02. The van der Waals surface area contributed by atoms with E-state index in [4.69, 9.17) is 0 Å². The second-order valence-electron chi connectivity index (χ2n) is 4.94. The lowest BCUT2D eigenvalue weighted by Gasteiger charge is -2.34. The summed E-state index contributed by atoms with van der Waals surface area (Å²) in [6.07, 6.45) is 10.9. The molecule has 2 rings (SSSR count). The van der Waals surface area contributed by atoms with Gasteiger partial charge in [-0.3, -0.25) is 0 Å². The molecule has 2 N–H and O–H groups in total. The quantitative estimate of drug-likeness (QED) is 0.778. The predicted molar refractivity (Wildman–Crippen MR) is 66.3 cm³/mol. The fraction of sp³-hybridized carbons (Fsp3) is 1.00. The number of thioether (sulfide) groups is 1. The Labute approximate surface area is 97.2 Å². The largest absolute Gasteiger partial charge is 0.392 e. The first-order chi connectivity index (χ1) is 7.31. The molecule has 0 aromatic rings. The smallest absolute Gasteiger partial charge is 0.0693 e. The van der Waals surface area contributed by atoms with Crippen LogP contribution < -0.4 is 5.32 Å². The highest BCUT2D eigenvalue weighted by Crippen LogP contribution is 2.29. The van der Waals surface area contributed by atoms with Crippen molar-refractivity contribution in [1.29, 1.82) is 0 Å². The van der Waals surface area contributed by atoms with E-state index >= 15 is 0 Å². The average molecular weight is 229 g/mol. The first kappa shape index (κ1) is 11.7. The minimum Gasteiger partial charge on any atom is -0.392 e. The molecule has 2 nitrogen and oxygen atoms in total. The summed E-state index contributed by atoms with van der Waals surface area (Å²) in [5.41, 5.74) is 0. The van der Waals surface area contributed by atoms with E-state index in [0.717, 1.165) is 11.7 Å². The van der Waals surface area contributed by atoms with Crippen LogP contribution in [0.25, 0.3) is 0 Å². The molecule has 0 aromatic heterocycles. The molecule has 2 fully saturated rings. The van der Waals surface area contributed by atoms with Crippen molar-refractivity contribution in [2.45, 2.75) is 68.4 Å². The maximum absolute atomic E-state index is 9.81. The minimum absolute atomic E-state index is 0.0885. The number of rotatable bonds is 3. The van der Waals surface area contributed by atoms with Gasteiger partial charge in [0.1, 0.15) is 0 Å². The Kier molecular flexibility index (Phi) is 4.35. The van der Waals surface area contributed by atoms with Gasteiger partial charge < -0.3 is 10.4 Å². The van der Waals surface area contributed by atoms with Gasteiger partial charge >= 0.3 is 0 Å². The number of hydrogen-bond acceptors (Lipinski definition) is 3. The van der Waals surface area contributed by atoms with E-state index in [2.05, 4.69) is 11.6 Å². The molecule has 0 saturated heterocycles. The van der Waals surface area contributed by atoms with Crippen molar-refractivity contribution < 1.29 is 5.11 Å². The van der Waals surface area contributed by atoms with E-state index in [-0.39, 0.29) is 6.10 Å². The topological polar surface area (TPSA) is 32.3 Å². The summed E-state index contributed by atoms with van der Waals surface area (Å²) >= 11 is 1.99. The third-order valence-corrected chi connectivity index (χ3v) is 5.08. The van der Waals surface area contributed by atoms with Crippen molar-refractivity contribution in [3.8, 4) is 0 Å². The van der Waals surface area contributed by atoms with Gasteiger partial charge in [0.15, 0.2) is 0 Å². The van der Waals surface area contributed by atoms with E-state index in [9.17, 15) is 5.11 Å². The zero-order valence-corrected chi connectivity index (χ0v) is 10.4. The molecule has 4 atom stereocenters. The Bertz CT molecular complexity index is 200. The highest BCUT2D eigenvalue weighted by Gasteiger charge is 2.31. The summed E-state index contributed by atoms with van der Waals surface area (Å²) < 4.78 is 0. The van der Waals surface area contributed by atoms with Crippen LogP contribution in [0.2, 0.25) is 0 Å². The van der Waals surface area contributed by atoms with Crippen LogP contribution in [-0.4, -0.2) is 34.8 Å². The van der Waals surface area contributed by atoms with Crippen molar-refractivity contribution in [2.24, 2.45) is 0 Å². The third-order valence-electron chi connectivity index (χ3n) is 3.91. The summed E-state index contributed by atoms with van der Waals surface area (Å²) in [6.45, 7) is 0. The molecule has 88 valence electrons. The molecule has 0 radical (unpaired) electrons. The molecule has 3 heteroatoms. The fourth-order valence-electron chi connectivity index (χ4n) is 2.98. The minimum atomic E-state index is -0.0885. The Morgan fingerprint density at radius 2 is 1.73 bits per heavy atom. The molecule has 4 unspecified atom stereocenters. The monoisotopic (exact) mass is 229 g/mol. The maximum Gasteiger partial charge on any atom is 0.0693 e. The Morgan fingerprint density at radius 3 is 2.40 bits per heavy atom. The predicted octanol–water partition coefficient (Wildman–Crippen LogP) is 2.16. The molecule has 2 aliphatic carbocycles. The summed E-state index contributed by atoms with van der Waals surface area (Å²) in [4.78, 5) is 0. The standard InChI is InChI=1S/C12H23NOS/c1-15-12-8-3-2-5-10(12)13-9-6-4-7-11(9)14/h9-14H,2-8H2,1H3. The van der Waals surface area contributed by atoms with Crippen molar-refractivity contribution in [3.63, 3.8) is 0 Å². The summed E-state index contributed by atoms with van der Waals surface area (Å²) in [5.74, 6) is 0. The van der Waals surface area contributed by atoms with Gasteiger partial charge in [-0.25, -0.2) is 0 Å². The van der Waals surface area contributed by atoms with Gasteiger partial charge in [-0.1, -0.05) is 12.8 Å². The molecule has 2 aliphatic rings. The molecule has 0 spiro atoms. The normalized spacial score (nSPS) is 42.0. The van der Waals surface area contributed by atoms with E-state index in [1.807, 2.05) is 11.8 Å². The molecule has 0 heterocycles.